The largest absolute Gasteiger partial charge is 0.481 e. The molecular formula is C20H30N2O5S. The number of rotatable bonds is 7. The maximum atomic E-state index is 13.8. The van der Waals surface area contributed by atoms with Crippen LogP contribution >= 0.6 is 11.8 Å². The third-order valence-corrected chi connectivity index (χ3v) is 8.22. The number of amides is 2. The van der Waals surface area contributed by atoms with E-state index >= 15 is 0 Å². The van der Waals surface area contributed by atoms with Gasteiger partial charge in [-0.25, -0.2) is 0 Å². The van der Waals surface area contributed by atoms with Crippen LogP contribution in [-0.2, 0) is 14.4 Å². The molecule has 0 aliphatic carbocycles. The number of carbonyl (C=O) groups excluding carboxylic acids is 2. The average molecular weight is 411 g/mol. The molecule has 3 rings (SSSR count). The van der Waals surface area contributed by atoms with Gasteiger partial charge in [-0.15, -0.1) is 18.3 Å². The Kier molecular flexibility index (Phi) is 5.57. The van der Waals surface area contributed by atoms with Gasteiger partial charge in [0, 0.05) is 30.5 Å². The zero-order valence-corrected chi connectivity index (χ0v) is 17.6. The van der Waals surface area contributed by atoms with Crippen LogP contribution in [0.15, 0.2) is 12.7 Å². The number of carboxylic acid groups (broad SMARTS) is 1. The molecule has 0 radical (unpaired) electrons. The fourth-order valence-electron chi connectivity index (χ4n) is 5.17. The van der Waals surface area contributed by atoms with E-state index in [1.165, 1.54) is 11.8 Å². The molecule has 0 saturated carbocycles. The molecule has 3 aliphatic rings. The van der Waals surface area contributed by atoms with Crippen molar-refractivity contribution in [3.8, 4) is 0 Å². The molecule has 3 saturated heterocycles. The summed E-state index contributed by atoms with van der Waals surface area (Å²) >= 11 is 1.53. The van der Waals surface area contributed by atoms with Gasteiger partial charge in [0.05, 0.1) is 16.6 Å². The number of fused-ring (bicyclic) bond motifs is 1. The molecular weight excluding hydrogens is 380 g/mol. The first-order valence-electron chi connectivity index (χ1n) is 9.84. The minimum Gasteiger partial charge on any atom is -0.481 e. The molecule has 0 aromatic carbocycles. The number of aliphatic hydroxyl groups excluding tert-OH is 1. The van der Waals surface area contributed by atoms with Gasteiger partial charge in [-0.1, -0.05) is 6.08 Å². The Morgan fingerprint density at radius 1 is 1.43 bits per heavy atom. The fourth-order valence-corrected chi connectivity index (χ4v) is 7.37. The number of aliphatic carboxylic acids is 1. The molecule has 0 aromatic heterocycles. The van der Waals surface area contributed by atoms with Gasteiger partial charge in [-0.2, -0.15) is 0 Å². The molecule has 1 spiro atoms. The highest BCUT2D eigenvalue weighted by molar-refractivity contribution is 8.02. The maximum Gasteiger partial charge on any atom is 0.308 e. The quantitative estimate of drug-likeness (QED) is 0.615. The van der Waals surface area contributed by atoms with E-state index in [9.17, 15) is 24.6 Å². The van der Waals surface area contributed by atoms with Crippen molar-refractivity contribution >= 4 is 29.5 Å². The number of thioether (sulfide) groups is 1. The lowest BCUT2D eigenvalue weighted by Gasteiger charge is -2.42. The molecule has 3 aliphatic heterocycles. The summed E-state index contributed by atoms with van der Waals surface area (Å²) in [6, 6.07) is -0.699. The van der Waals surface area contributed by atoms with Crippen molar-refractivity contribution in [1.82, 2.24) is 9.80 Å². The monoisotopic (exact) mass is 410 g/mol. The molecule has 2 unspecified atom stereocenters. The summed E-state index contributed by atoms with van der Waals surface area (Å²) in [4.78, 5) is 42.3. The predicted octanol–water partition coefficient (Wildman–Crippen LogP) is 1.36. The lowest BCUT2D eigenvalue weighted by molar-refractivity contribution is -0.148. The third kappa shape index (κ3) is 3.05. The molecule has 7 nitrogen and oxygen atoms in total. The van der Waals surface area contributed by atoms with Crippen molar-refractivity contribution in [3.05, 3.63) is 12.7 Å². The molecule has 2 N–H and O–H groups in total. The van der Waals surface area contributed by atoms with E-state index in [2.05, 4.69) is 6.58 Å². The van der Waals surface area contributed by atoms with E-state index in [1.807, 2.05) is 20.8 Å². The summed E-state index contributed by atoms with van der Waals surface area (Å²) in [7, 11) is 0. The first kappa shape index (κ1) is 21.2. The second kappa shape index (κ2) is 7.37. The summed E-state index contributed by atoms with van der Waals surface area (Å²) < 4.78 is -0.692. The summed E-state index contributed by atoms with van der Waals surface area (Å²) in [5.41, 5.74) is -0.459. The van der Waals surface area contributed by atoms with Gasteiger partial charge in [0.25, 0.3) is 0 Å². The number of likely N-dealkylation sites (tertiary alicyclic amines) is 1. The topological polar surface area (TPSA) is 98.2 Å². The third-order valence-electron chi connectivity index (χ3n) is 6.26. The van der Waals surface area contributed by atoms with Crippen molar-refractivity contribution < 1.29 is 24.6 Å². The van der Waals surface area contributed by atoms with E-state index in [-0.39, 0.29) is 30.2 Å². The number of hydrogen-bond acceptors (Lipinski definition) is 5. The summed E-state index contributed by atoms with van der Waals surface area (Å²) in [5, 5.41) is 18.9. The average Bonchev–Trinajstić information content (AvgIpc) is 3.23. The standard InChI is InChI=1S/C20H30N2O5S/c1-5-9-22(19(2,3)4)17(25)15-20-8-7-12(28-20)13(18(26)27)14(20)16(24)21(15)10-6-11-23/h5,12-15,23H,1,6-11H2,2-4H3,(H,26,27)/t12-,13+,14+,15?,20?/m1/s1. The summed E-state index contributed by atoms with van der Waals surface area (Å²) in [6.45, 7) is 10.1. The van der Waals surface area contributed by atoms with E-state index in [4.69, 9.17) is 0 Å². The highest BCUT2D eigenvalue weighted by atomic mass is 32.2. The van der Waals surface area contributed by atoms with Crippen molar-refractivity contribution in [2.75, 3.05) is 19.7 Å². The number of carbonyl (C=O) groups is 3. The fraction of sp³-hybridized carbons (Fsp3) is 0.750. The smallest absolute Gasteiger partial charge is 0.308 e. The second-order valence-electron chi connectivity index (χ2n) is 8.91. The zero-order chi connectivity index (χ0) is 20.9. The van der Waals surface area contributed by atoms with Gasteiger partial charge in [0.15, 0.2) is 0 Å². The van der Waals surface area contributed by atoms with Crippen molar-refractivity contribution in [3.63, 3.8) is 0 Å². The first-order valence-corrected chi connectivity index (χ1v) is 10.7. The number of aliphatic hydroxyl groups is 1. The Balaban J connectivity index is 2.05. The Morgan fingerprint density at radius 3 is 2.64 bits per heavy atom. The van der Waals surface area contributed by atoms with Crippen LogP contribution < -0.4 is 0 Å². The van der Waals surface area contributed by atoms with Crippen LogP contribution in [0, 0.1) is 11.8 Å². The van der Waals surface area contributed by atoms with Crippen LogP contribution in [0.5, 0.6) is 0 Å². The number of hydrogen-bond donors (Lipinski definition) is 2. The summed E-state index contributed by atoms with van der Waals surface area (Å²) in [5.74, 6) is -2.77. The Hall–Kier alpha value is -1.54. The van der Waals surface area contributed by atoms with E-state index in [1.54, 1.807) is 15.9 Å². The first-order chi connectivity index (χ1) is 13.1. The second-order valence-corrected chi connectivity index (χ2v) is 10.5. The maximum absolute atomic E-state index is 13.8. The van der Waals surface area contributed by atoms with Gasteiger partial charge in [0.2, 0.25) is 11.8 Å². The minimum absolute atomic E-state index is 0.0872. The van der Waals surface area contributed by atoms with Crippen molar-refractivity contribution in [2.45, 2.75) is 61.6 Å². The molecule has 8 heteroatoms. The van der Waals surface area contributed by atoms with Crippen LogP contribution in [0.2, 0.25) is 0 Å². The van der Waals surface area contributed by atoms with E-state index < -0.39 is 34.1 Å². The van der Waals surface area contributed by atoms with Gasteiger partial charge in [-0.05, 0) is 40.0 Å². The van der Waals surface area contributed by atoms with Gasteiger partial charge >= 0.3 is 5.97 Å². The predicted molar refractivity (Wildman–Crippen MR) is 107 cm³/mol. The van der Waals surface area contributed by atoms with E-state index in [0.717, 1.165) is 0 Å². The Morgan fingerprint density at radius 2 is 2.11 bits per heavy atom. The number of nitrogens with zero attached hydrogens (tertiary/aromatic N) is 2. The van der Waals surface area contributed by atoms with Crippen LogP contribution in [0.25, 0.3) is 0 Å². The van der Waals surface area contributed by atoms with Gasteiger partial charge < -0.3 is 20.0 Å². The zero-order valence-electron chi connectivity index (χ0n) is 16.8. The van der Waals surface area contributed by atoms with Crippen LogP contribution in [-0.4, -0.2) is 79.1 Å². The molecule has 156 valence electrons. The lowest BCUT2D eigenvalue weighted by atomic mass is 9.71. The van der Waals surface area contributed by atoms with Gasteiger partial charge in [0.1, 0.15) is 6.04 Å². The van der Waals surface area contributed by atoms with Crippen molar-refractivity contribution in [2.24, 2.45) is 11.8 Å². The highest BCUT2D eigenvalue weighted by Gasteiger charge is 2.74. The van der Waals surface area contributed by atoms with Crippen molar-refractivity contribution in [1.29, 1.82) is 0 Å². The highest BCUT2D eigenvalue weighted by Crippen LogP contribution is 2.66. The van der Waals surface area contributed by atoms with E-state index in [0.29, 0.717) is 25.8 Å². The van der Waals surface area contributed by atoms with Gasteiger partial charge in [-0.3, -0.25) is 14.4 Å². The summed E-state index contributed by atoms with van der Waals surface area (Å²) in [6.07, 6.45) is 3.41. The van der Waals surface area contributed by atoms with Crippen LogP contribution in [0.1, 0.15) is 40.0 Å². The molecule has 2 bridgehead atoms. The van der Waals surface area contributed by atoms with Crippen LogP contribution in [0.3, 0.4) is 0 Å². The molecule has 28 heavy (non-hydrogen) atoms. The molecule has 3 fully saturated rings. The lowest BCUT2D eigenvalue weighted by Crippen LogP contribution is -2.58. The number of carboxylic acids is 1. The molecule has 3 heterocycles. The Bertz CT molecular complexity index is 691. The Labute approximate surface area is 170 Å². The minimum atomic E-state index is -0.952. The van der Waals surface area contributed by atoms with Crippen LogP contribution in [0.4, 0.5) is 0 Å². The molecule has 5 atom stereocenters. The molecule has 2 amide bonds. The SMILES string of the molecule is C=CCN(C(=O)C1N(CCCO)C(=O)[C@@H]2[C@@H](C(=O)O)[C@H]3CCC12S3)C(C)(C)C. The normalized spacial score (nSPS) is 33.9. The molecule has 0 aromatic rings.